The van der Waals surface area contributed by atoms with E-state index in [1.54, 1.807) is 5.56 Å². The average molecular weight is 245 g/mol. The fourth-order valence-electron chi connectivity index (χ4n) is 3.05. The van der Waals surface area contributed by atoms with Gasteiger partial charge in [0.1, 0.15) is 0 Å². The maximum absolute atomic E-state index is 3.48. The van der Waals surface area contributed by atoms with Crippen LogP contribution in [0, 0.1) is 12.3 Å². The molecule has 100 valence electrons. The van der Waals surface area contributed by atoms with Gasteiger partial charge in [-0.1, -0.05) is 51.5 Å². The zero-order valence-electron chi connectivity index (χ0n) is 12.3. The van der Waals surface area contributed by atoms with Crippen LogP contribution in [0.15, 0.2) is 24.3 Å². The topological polar surface area (TPSA) is 12.0 Å². The average Bonchev–Trinajstić information content (AvgIpc) is 2.22. The smallest absolute Gasteiger partial charge is 0.0205 e. The minimum atomic E-state index is 0.413. The molecule has 0 bridgehead atoms. The molecule has 0 saturated carbocycles. The van der Waals surface area contributed by atoms with E-state index in [1.165, 1.54) is 24.8 Å². The van der Waals surface area contributed by atoms with Crippen LogP contribution in [0.25, 0.3) is 0 Å². The van der Waals surface area contributed by atoms with E-state index >= 15 is 0 Å². The van der Waals surface area contributed by atoms with Gasteiger partial charge >= 0.3 is 0 Å². The lowest BCUT2D eigenvalue weighted by atomic mass is 9.69. The van der Waals surface area contributed by atoms with Crippen LogP contribution in [0.4, 0.5) is 0 Å². The molecule has 0 aromatic heterocycles. The number of nitrogens with one attached hydrogen (secondary N) is 1. The van der Waals surface area contributed by atoms with Crippen molar-refractivity contribution in [3.63, 3.8) is 0 Å². The summed E-state index contributed by atoms with van der Waals surface area (Å²) in [6, 6.07) is 8.91. The molecule has 0 spiro atoms. The van der Waals surface area contributed by atoms with E-state index in [0.717, 1.165) is 13.1 Å². The van der Waals surface area contributed by atoms with Crippen LogP contribution in [-0.4, -0.2) is 13.1 Å². The van der Waals surface area contributed by atoms with E-state index in [1.807, 2.05) is 0 Å². The fourth-order valence-corrected chi connectivity index (χ4v) is 3.05. The van der Waals surface area contributed by atoms with Gasteiger partial charge in [-0.2, -0.15) is 0 Å². The molecule has 2 rings (SSSR count). The Balaban J connectivity index is 2.05. The second-order valence-corrected chi connectivity index (χ2v) is 7.11. The van der Waals surface area contributed by atoms with Crippen molar-refractivity contribution >= 4 is 0 Å². The van der Waals surface area contributed by atoms with E-state index in [4.69, 9.17) is 0 Å². The first-order chi connectivity index (χ1) is 8.43. The lowest BCUT2D eigenvalue weighted by Crippen LogP contribution is -2.57. The summed E-state index contributed by atoms with van der Waals surface area (Å²) in [6.45, 7) is 11.6. The van der Waals surface area contributed by atoms with Gasteiger partial charge in [-0.15, -0.1) is 0 Å². The van der Waals surface area contributed by atoms with Crippen molar-refractivity contribution in [1.82, 2.24) is 5.32 Å². The zero-order valence-corrected chi connectivity index (χ0v) is 12.3. The van der Waals surface area contributed by atoms with E-state index in [-0.39, 0.29) is 0 Å². The Morgan fingerprint density at radius 1 is 1.17 bits per heavy atom. The van der Waals surface area contributed by atoms with E-state index < -0.39 is 0 Å². The number of aryl methyl sites for hydroxylation is 1. The molecule has 1 saturated heterocycles. The van der Waals surface area contributed by atoms with E-state index in [9.17, 15) is 0 Å². The van der Waals surface area contributed by atoms with Crippen LogP contribution in [0.3, 0.4) is 0 Å². The van der Waals surface area contributed by atoms with Gasteiger partial charge in [0.15, 0.2) is 0 Å². The molecular formula is C17H27N. The molecule has 1 fully saturated rings. The molecule has 1 N–H and O–H groups in total. The standard InChI is InChI=1S/C17H27N/c1-14-8-5-6-9-15(14)17(12-18-13-17)11-7-10-16(2,3)4/h5-6,8-9,18H,7,10-13H2,1-4H3. The number of hydrogen-bond donors (Lipinski definition) is 1. The van der Waals surface area contributed by atoms with Crippen molar-refractivity contribution in [3.8, 4) is 0 Å². The van der Waals surface area contributed by atoms with Crippen LogP contribution in [0.2, 0.25) is 0 Å². The first-order valence-corrected chi connectivity index (χ1v) is 7.20. The molecule has 0 unspecified atom stereocenters. The van der Waals surface area contributed by atoms with Gasteiger partial charge in [-0.05, 0) is 36.3 Å². The normalized spacial score (nSPS) is 18.4. The van der Waals surface area contributed by atoms with Crippen molar-refractivity contribution in [3.05, 3.63) is 35.4 Å². The Labute approximate surface area is 112 Å². The lowest BCUT2D eigenvalue weighted by Gasteiger charge is -2.44. The van der Waals surface area contributed by atoms with E-state index in [0.29, 0.717) is 10.8 Å². The number of benzene rings is 1. The summed E-state index contributed by atoms with van der Waals surface area (Å²) in [6.07, 6.45) is 3.97. The predicted molar refractivity (Wildman–Crippen MR) is 79.0 cm³/mol. The molecular weight excluding hydrogens is 218 g/mol. The van der Waals surface area contributed by atoms with Gasteiger partial charge in [0.05, 0.1) is 0 Å². The molecule has 0 radical (unpaired) electrons. The van der Waals surface area contributed by atoms with E-state index in [2.05, 4.69) is 57.3 Å². The highest BCUT2D eigenvalue weighted by molar-refractivity contribution is 5.36. The van der Waals surface area contributed by atoms with Crippen molar-refractivity contribution in [2.24, 2.45) is 5.41 Å². The summed E-state index contributed by atoms with van der Waals surface area (Å²) in [5.74, 6) is 0. The number of rotatable bonds is 4. The van der Waals surface area contributed by atoms with Crippen molar-refractivity contribution in [1.29, 1.82) is 0 Å². The van der Waals surface area contributed by atoms with Gasteiger partial charge in [-0.25, -0.2) is 0 Å². The highest BCUT2D eigenvalue weighted by Gasteiger charge is 2.38. The highest BCUT2D eigenvalue weighted by Crippen LogP contribution is 2.37. The molecule has 1 heterocycles. The Morgan fingerprint density at radius 2 is 1.83 bits per heavy atom. The van der Waals surface area contributed by atoms with Crippen LogP contribution >= 0.6 is 0 Å². The summed E-state index contributed by atoms with van der Waals surface area (Å²) in [4.78, 5) is 0. The molecule has 1 aliphatic heterocycles. The highest BCUT2D eigenvalue weighted by atomic mass is 15.0. The van der Waals surface area contributed by atoms with Crippen LogP contribution < -0.4 is 5.32 Å². The minimum absolute atomic E-state index is 0.413. The molecule has 0 aliphatic carbocycles. The van der Waals surface area contributed by atoms with Crippen molar-refractivity contribution in [2.75, 3.05) is 13.1 Å². The predicted octanol–water partition coefficient (Wildman–Crippen LogP) is 4.05. The maximum atomic E-state index is 3.48. The molecule has 1 aromatic rings. The van der Waals surface area contributed by atoms with Crippen LogP contribution in [0.1, 0.15) is 51.2 Å². The first kappa shape index (κ1) is 13.6. The minimum Gasteiger partial charge on any atom is -0.315 e. The van der Waals surface area contributed by atoms with Gasteiger partial charge in [0.25, 0.3) is 0 Å². The third kappa shape index (κ3) is 2.95. The van der Waals surface area contributed by atoms with Crippen molar-refractivity contribution in [2.45, 2.75) is 52.4 Å². The Hall–Kier alpha value is -0.820. The summed E-state index contributed by atoms with van der Waals surface area (Å²) in [5.41, 5.74) is 3.90. The summed E-state index contributed by atoms with van der Waals surface area (Å²) in [5, 5.41) is 3.48. The third-order valence-electron chi connectivity index (χ3n) is 4.23. The quantitative estimate of drug-likeness (QED) is 0.843. The van der Waals surface area contributed by atoms with Crippen LogP contribution in [0.5, 0.6) is 0 Å². The molecule has 18 heavy (non-hydrogen) atoms. The monoisotopic (exact) mass is 245 g/mol. The molecule has 0 amide bonds. The van der Waals surface area contributed by atoms with Gasteiger partial charge in [0.2, 0.25) is 0 Å². The Bertz CT molecular complexity index is 396. The van der Waals surface area contributed by atoms with Crippen molar-refractivity contribution < 1.29 is 0 Å². The van der Waals surface area contributed by atoms with Gasteiger partial charge in [-0.3, -0.25) is 0 Å². The largest absolute Gasteiger partial charge is 0.315 e. The second kappa shape index (κ2) is 5.05. The molecule has 1 heteroatoms. The zero-order chi connectivity index (χ0) is 13.2. The summed E-state index contributed by atoms with van der Waals surface area (Å²) < 4.78 is 0. The molecule has 1 nitrogen and oxygen atoms in total. The fraction of sp³-hybridized carbons (Fsp3) is 0.647. The second-order valence-electron chi connectivity index (χ2n) is 7.11. The third-order valence-corrected chi connectivity index (χ3v) is 4.23. The van der Waals surface area contributed by atoms with Crippen LogP contribution in [-0.2, 0) is 5.41 Å². The summed E-state index contributed by atoms with van der Waals surface area (Å²) in [7, 11) is 0. The summed E-state index contributed by atoms with van der Waals surface area (Å²) >= 11 is 0. The van der Waals surface area contributed by atoms with Gasteiger partial charge < -0.3 is 5.32 Å². The molecule has 1 aliphatic rings. The molecule has 0 atom stereocenters. The Morgan fingerprint density at radius 3 is 2.33 bits per heavy atom. The number of hydrogen-bond acceptors (Lipinski definition) is 1. The van der Waals surface area contributed by atoms with Gasteiger partial charge in [0, 0.05) is 18.5 Å². The SMILES string of the molecule is Cc1ccccc1C1(CCCC(C)(C)C)CNC1. The lowest BCUT2D eigenvalue weighted by molar-refractivity contribution is 0.233. The maximum Gasteiger partial charge on any atom is 0.0205 e. The Kier molecular flexibility index (Phi) is 3.82. The first-order valence-electron chi connectivity index (χ1n) is 7.20. The molecule has 1 aromatic carbocycles.